The summed E-state index contributed by atoms with van der Waals surface area (Å²) < 4.78 is 7.22. The van der Waals surface area contributed by atoms with Gasteiger partial charge in [0, 0.05) is 16.3 Å². The third kappa shape index (κ3) is 4.93. The molecular formula is C25H28ClN3O2. The number of benzene rings is 2. The maximum absolute atomic E-state index is 12.8. The quantitative estimate of drug-likeness (QED) is 0.592. The minimum atomic E-state index is -0.0514. The second-order valence-electron chi connectivity index (χ2n) is 8.99. The first-order valence-corrected chi connectivity index (χ1v) is 10.9. The van der Waals surface area contributed by atoms with Gasteiger partial charge in [-0.1, -0.05) is 55.8 Å². The number of hydrogen-bond donors (Lipinski definition) is 1. The Kier molecular flexibility index (Phi) is 6.05. The molecule has 1 aliphatic carbocycles. The van der Waals surface area contributed by atoms with Gasteiger partial charge in [0.1, 0.15) is 5.75 Å². The maximum atomic E-state index is 12.8. The summed E-state index contributed by atoms with van der Waals surface area (Å²) >= 11 is 6.37. The standard InChI is InChI=1S/C25H28ClN3O2/c1-25(2)13-22(28-24(30)12-17-8-10-19(31-3)11-9-17)20-15-27-29(23(20)14-25)16-18-6-4-5-7-21(18)26/h4-11,15,22H,12-14,16H2,1-3H3,(H,28,30)/t22-/m0/s1. The van der Waals surface area contributed by atoms with Crippen LogP contribution in [0.2, 0.25) is 5.02 Å². The van der Waals surface area contributed by atoms with E-state index in [9.17, 15) is 4.79 Å². The Morgan fingerprint density at radius 1 is 1.23 bits per heavy atom. The van der Waals surface area contributed by atoms with Crippen molar-refractivity contribution in [2.45, 2.75) is 45.7 Å². The summed E-state index contributed by atoms with van der Waals surface area (Å²) in [5.74, 6) is 0.798. The van der Waals surface area contributed by atoms with E-state index in [1.165, 1.54) is 5.69 Å². The molecule has 31 heavy (non-hydrogen) atoms. The first-order valence-electron chi connectivity index (χ1n) is 10.5. The molecule has 0 fully saturated rings. The van der Waals surface area contributed by atoms with Crippen molar-refractivity contribution < 1.29 is 9.53 Å². The van der Waals surface area contributed by atoms with E-state index in [0.717, 1.165) is 40.3 Å². The summed E-state index contributed by atoms with van der Waals surface area (Å²) in [6.07, 6.45) is 4.04. The van der Waals surface area contributed by atoms with Crippen LogP contribution in [0.25, 0.3) is 0 Å². The van der Waals surface area contributed by atoms with E-state index in [1.807, 2.05) is 59.4 Å². The van der Waals surface area contributed by atoms with Crippen LogP contribution in [-0.4, -0.2) is 22.8 Å². The van der Waals surface area contributed by atoms with Gasteiger partial charge in [-0.15, -0.1) is 0 Å². The number of methoxy groups -OCH3 is 1. The maximum Gasteiger partial charge on any atom is 0.224 e. The third-order valence-electron chi connectivity index (χ3n) is 5.90. The second kappa shape index (κ2) is 8.75. The molecule has 5 nitrogen and oxygen atoms in total. The minimum Gasteiger partial charge on any atom is -0.497 e. The van der Waals surface area contributed by atoms with Gasteiger partial charge in [-0.3, -0.25) is 9.48 Å². The van der Waals surface area contributed by atoms with Crippen molar-refractivity contribution in [2.75, 3.05) is 7.11 Å². The van der Waals surface area contributed by atoms with Crippen molar-refractivity contribution in [1.82, 2.24) is 15.1 Å². The zero-order valence-corrected chi connectivity index (χ0v) is 18.9. The molecular weight excluding hydrogens is 410 g/mol. The van der Waals surface area contributed by atoms with Crippen LogP contribution < -0.4 is 10.1 Å². The van der Waals surface area contributed by atoms with Crippen LogP contribution in [0.1, 0.15) is 48.7 Å². The fourth-order valence-corrected chi connectivity index (χ4v) is 4.52. The zero-order valence-electron chi connectivity index (χ0n) is 18.2. The average molecular weight is 438 g/mol. The number of fused-ring (bicyclic) bond motifs is 1. The highest BCUT2D eigenvalue weighted by Gasteiger charge is 2.35. The molecule has 1 aromatic heterocycles. The number of halogens is 1. The number of hydrogen-bond acceptors (Lipinski definition) is 3. The van der Waals surface area contributed by atoms with E-state index >= 15 is 0 Å². The third-order valence-corrected chi connectivity index (χ3v) is 6.26. The predicted molar refractivity (Wildman–Crippen MR) is 122 cm³/mol. The summed E-state index contributed by atoms with van der Waals surface area (Å²) in [5.41, 5.74) is 4.34. The van der Waals surface area contributed by atoms with Crippen molar-refractivity contribution in [3.63, 3.8) is 0 Å². The molecule has 0 spiro atoms. The van der Waals surface area contributed by atoms with Gasteiger partial charge in [-0.25, -0.2) is 0 Å². The molecule has 0 saturated carbocycles. The van der Waals surface area contributed by atoms with Crippen molar-refractivity contribution in [2.24, 2.45) is 5.41 Å². The van der Waals surface area contributed by atoms with Crippen LogP contribution in [0.5, 0.6) is 5.75 Å². The lowest BCUT2D eigenvalue weighted by atomic mass is 9.74. The smallest absolute Gasteiger partial charge is 0.224 e. The fraction of sp³-hybridized carbons (Fsp3) is 0.360. The summed E-state index contributed by atoms with van der Waals surface area (Å²) in [6.45, 7) is 5.11. The number of amides is 1. The summed E-state index contributed by atoms with van der Waals surface area (Å²) in [7, 11) is 1.63. The largest absolute Gasteiger partial charge is 0.497 e. The van der Waals surface area contributed by atoms with Crippen molar-refractivity contribution in [3.05, 3.63) is 82.1 Å². The van der Waals surface area contributed by atoms with Crippen LogP contribution in [0, 0.1) is 5.41 Å². The molecule has 0 saturated heterocycles. The fourth-order valence-electron chi connectivity index (χ4n) is 4.32. The summed E-state index contributed by atoms with van der Waals surface area (Å²) in [6, 6.07) is 15.4. The Morgan fingerprint density at radius 2 is 1.97 bits per heavy atom. The Morgan fingerprint density at radius 3 is 2.68 bits per heavy atom. The highest BCUT2D eigenvalue weighted by Crippen LogP contribution is 2.41. The van der Waals surface area contributed by atoms with Gasteiger partial charge < -0.3 is 10.1 Å². The molecule has 6 heteroatoms. The molecule has 3 aromatic rings. The van der Waals surface area contributed by atoms with Gasteiger partial charge >= 0.3 is 0 Å². The topological polar surface area (TPSA) is 56.1 Å². The Hall–Kier alpha value is -2.79. The monoisotopic (exact) mass is 437 g/mol. The first-order chi connectivity index (χ1) is 14.8. The van der Waals surface area contributed by atoms with E-state index in [1.54, 1.807) is 7.11 Å². The molecule has 0 bridgehead atoms. The number of carbonyl (C=O) groups is 1. The van der Waals surface area contributed by atoms with Crippen molar-refractivity contribution in [1.29, 1.82) is 0 Å². The highest BCUT2D eigenvalue weighted by molar-refractivity contribution is 6.31. The lowest BCUT2D eigenvalue weighted by Crippen LogP contribution is -2.37. The SMILES string of the molecule is COc1ccc(CC(=O)N[C@H]2CC(C)(C)Cc3c2cnn3Cc2ccccc2Cl)cc1. The van der Waals surface area contributed by atoms with Gasteiger partial charge in [0.15, 0.2) is 0 Å². The Labute approximate surface area is 188 Å². The molecule has 4 rings (SSSR count). The molecule has 0 radical (unpaired) electrons. The van der Waals surface area contributed by atoms with E-state index in [0.29, 0.717) is 13.0 Å². The van der Waals surface area contributed by atoms with Crippen LogP contribution in [0.15, 0.2) is 54.7 Å². The number of ether oxygens (including phenoxy) is 1. The number of carbonyl (C=O) groups excluding carboxylic acids is 1. The summed E-state index contributed by atoms with van der Waals surface area (Å²) in [4.78, 5) is 12.8. The molecule has 2 aromatic carbocycles. The van der Waals surface area contributed by atoms with Gasteiger partial charge in [-0.05, 0) is 47.6 Å². The van der Waals surface area contributed by atoms with E-state index in [-0.39, 0.29) is 17.4 Å². The number of aromatic nitrogens is 2. The van der Waals surface area contributed by atoms with Crippen LogP contribution >= 0.6 is 11.6 Å². The van der Waals surface area contributed by atoms with E-state index in [4.69, 9.17) is 16.3 Å². The van der Waals surface area contributed by atoms with E-state index < -0.39 is 0 Å². The number of rotatable bonds is 6. The molecule has 1 amide bonds. The molecule has 1 atom stereocenters. The van der Waals surface area contributed by atoms with Gasteiger partial charge in [0.05, 0.1) is 32.3 Å². The zero-order chi connectivity index (χ0) is 22.0. The van der Waals surface area contributed by atoms with Gasteiger partial charge in [-0.2, -0.15) is 5.10 Å². The minimum absolute atomic E-state index is 0.0117. The lowest BCUT2D eigenvalue weighted by molar-refractivity contribution is -0.121. The molecule has 162 valence electrons. The Balaban J connectivity index is 1.52. The number of nitrogens with one attached hydrogen (secondary N) is 1. The average Bonchev–Trinajstić information content (AvgIpc) is 3.11. The van der Waals surface area contributed by atoms with Crippen LogP contribution in [0.4, 0.5) is 0 Å². The molecule has 0 unspecified atom stereocenters. The van der Waals surface area contributed by atoms with Crippen molar-refractivity contribution in [3.8, 4) is 5.75 Å². The predicted octanol–water partition coefficient (Wildman–Crippen LogP) is 4.97. The second-order valence-corrected chi connectivity index (χ2v) is 9.39. The lowest BCUT2D eigenvalue weighted by Gasteiger charge is -2.36. The highest BCUT2D eigenvalue weighted by atomic mass is 35.5. The van der Waals surface area contributed by atoms with Crippen LogP contribution in [0.3, 0.4) is 0 Å². The van der Waals surface area contributed by atoms with Gasteiger partial charge in [0.25, 0.3) is 0 Å². The summed E-state index contributed by atoms with van der Waals surface area (Å²) in [5, 5.41) is 8.64. The van der Waals surface area contributed by atoms with Gasteiger partial charge in [0.2, 0.25) is 5.91 Å². The van der Waals surface area contributed by atoms with E-state index in [2.05, 4.69) is 24.3 Å². The number of nitrogens with zero attached hydrogens (tertiary/aromatic N) is 2. The van der Waals surface area contributed by atoms with Crippen molar-refractivity contribution >= 4 is 17.5 Å². The molecule has 1 aliphatic rings. The first kappa shape index (κ1) is 21.4. The normalized spacial score (nSPS) is 17.1. The van der Waals surface area contributed by atoms with Crippen LogP contribution in [-0.2, 0) is 24.2 Å². The Bertz CT molecular complexity index is 1070. The molecule has 1 heterocycles. The molecule has 1 N–H and O–H groups in total. The molecule has 0 aliphatic heterocycles.